The Labute approximate surface area is 148 Å². The number of rotatable bonds is 4. The fourth-order valence-corrected chi connectivity index (χ4v) is 4.32. The van der Waals surface area contributed by atoms with Gasteiger partial charge in [0.1, 0.15) is 16.5 Å². The lowest BCUT2D eigenvalue weighted by Gasteiger charge is -2.34. The van der Waals surface area contributed by atoms with Crippen molar-refractivity contribution in [2.75, 3.05) is 26.2 Å². The van der Waals surface area contributed by atoms with Gasteiger partial charge < -0.3 is 0 Å². The van der Waals surface area contributed by atoms with Crippen LogP contribution in [0.4, 0.5) is 17.6 Å². The van der Waals surface area contributed by atoms with Crippen LogP contribution in [0.25, 0.3) is 0 Å². The zero-order valence-corrected chi connectivity index (χ0v) is 14.4. The van der Waals surface area contributed by atoms with Crippen LogP contribution in [0.2, 0.25) is 0 Å². The van der Waals surface area contributed by atoms with Gasteiger partial charge in [0.25, 0.3) is 0 Å². The van der Waals surface area contributed by atoms with Crippen molar-refractivity contribution in [2.24, 2.45) is 0 Å². The Hall–Kier alpha value is -1.97. The first kappa shape index (κ1) is 18.8. The highest BCUT2D eigenvalue weighted by Gasteiger charge is 2.30. The molecule has 0 atom stereocenters. The fraction of sp³-hybridized carbons (Fsp3) is 0.294. The van der Waals surface area contributed by atoms with E-state index in [9.17, 15) is 26.0 Å². The zero-order chi connectivity index (χ0) is 18.9. The van der Waals surface area contributed by atoms with E-state index in [1.807, 2.05) is 4.90 Å². The first-order chi connectivity index (χ1) is 12.3. The SMILES string of the molecule is O=S(=O)(c1ccc(F)cc1F)N1CCN(Cc2ccc(F)c(F)c2)CC1. The smallest absolute Gasteiger partial charge is 0.246 e. The molecule has 0 N–H and O–H groups in total. The molecule has 2 aromatic carbocycles. The molecule has 0 spiro atoms. The molecule has 4 nitrogen and oxygen atoms in total. The van der Waals surface area contributed by atoms with Gasteiger partial charge in [0.15, 0.2) is 11.6 Å². The lowest BCUT2D eigenvalue weighted by molar-refractivity contribution is 0.181. The Morgan fingerprint density at radius 2 is 1.50 bits per heavy atom. The van der Waals surface area contributed by atoms with Crippen molar-refractivity contribution in [2.45, 2.75) is 11.4 Å². The highest BCUT2D eigenvalue weighted by atomic mass is 32.2. The number of nitrogens with zero attached hydrogens (tertiary/aromatic N) is 2. The van der Waals surface area contributed by atoms with Crippen LogP contribution >= 0.6 is 0 Å². The second-order valence-corrected chi connectivity index (χ2v) is 7.91. The molecule has 0 saturated carbocycles. The number of piperazine rings is 1. The van der Waals surface area contributed by atoms with Crippen molar-refractivity contribution in [3.63, 3.8) is 0 Å². The summed E-state index contributed by atoms with van der Waals surface area (Å²) < 4.78 is 79.2. The molecule has 0 aromatic heterocycles. The monoisotopic (exact) mass is 388 g/mol. The summed E-state index contributed by atoms with van der Waals surface area (Å²) in [6.07, 6.45) is 0. The average Bonchev–Trinajstić information content (AvgIpc) is 2.58. The second kappa shape index (κ2) is 7.34. The van der Waals surface area contributed by atoms with E-state index in [1.54, 1.807) is 0 Å². The molecule has 1 heterocycles. The van der Waals surface area contributed by atoms with Crippen molar-refractivity contribution >= 4 is 10.0 Å². The van der Waals surface area contributed by atoms with E-state index >= 15 is 0 Å². The van der Waals surface area contributed by atoms with Gasteiger partial charge in [-0.05, 0) is 29.8 Å². The minimum absolute atomic E-state index is 0.114. The molecule has 0 radical (unpaired) electrons. The van der Waals surface area contributed by atoms with E-state index < -0.39 is 38.2 Å². The average molecular weight is 388 g/mol. The molecule has 1 fully saturated rings. The fourth-order valence-electron chi connectivity index (χ4n) is 2.85. The van der Waals surface area contributed by atoms with E-state index in [-0.39, 0.29) is 13.1 Å². The van der Waals surface area contributed by atoms with Crippen LogP contribution in [0.5, 0.6) is 0 Å². The summed E-state index contributed by atoms with van der Waals surface area (Å²) in [6.45, 7) is 1.27. The summed E-state index contributed by atoms with van der Waals surface area (Å²) in [5, 5.41) is 0. The Morgan fingerprint density at radius 3 is 2.12 bits per heavy atom. The van der Waals surface area contributed by atoms with Crippen LogP contribution in [-0.4, -0.2) is 43.8 Å². The van der Waals surface area contributed by atoms with Gasteiger partial charge in [-0.1, -0.05) is 6.07 Å². The highest BCUT2D eigenvalue weighted by molar-refractivity contribution is 7.89. The van der Waals surface area contributed by atoms with Gasteiger partial charge in [-0.2, -0.15) is 4.31 Å². The van der Waals surface area contributed by atoms with Gasteiger partial charge in [-0.25, -0.2) is 26.0 Å². The molecular formula is C17H16F4N2O2S. The summed E-state index contributed by atoms with van der Waals surface area (Å²) in [4.78, 5) is 1.33. The quantitative estimate of drug-likeness (QED) is 0.757. The van der Waals surface area contributed by atoms with Crippen molar-refractivity contribution < 1.29 is 26.0 Å². The third-order valence-corrected chi connectivity index (χ3v) is 6.17. The van der Waals surface area contributed by atoms with Crippen LogP contribution in [0.3, 0.4) is 0 Å². The Kier molecular flexibility index (Phi) is 5.31. The molecule has 0 bridgehead atoms. The van der Waals surface area contributed by atoms with Crippen LogP contribution in [0, 0.1) is 23.3 Å². The van der Waals surface area contributed by atoms with Gasteiger partial charge in [0.2, 0.25) is 10.0 Å². The van der Waals surface area contributed by atoms with Gasteiger partial charge in [-0.3, -0.25) is 4.90 Å². The molecule has 9 heteroatoms. The van der Waals surface area contributed by atoms with Gasteiger partial charge >= 0.3 is 0 Å². The van der Waals surface area contributed by atoms with Crippen molar-refractivity contribution in [3.8, 4) is 0 Å². The summed E-state index contributed by atoms with van der Waals surface area (Å²) in [7, 11) is -4.06. The normalized spacial score (nSPS) is 16.8. The predicted molar refractivity (Wildman–Crippen MR) is 86.8 cm³/mol. The van der Waals surface area contributed by atoms with Gasteiger partial charge in [0, 0.05) is 38.8 Å². The van der Waals surface area contributed by atoms with Crippen LogP contribution < -0.4 is 0 Å². The third kappa shape index (κ3) is 3.89. The molecule has 0 unspecified atom stereocenters. The van der Waals surface area contributed by atoms with E-state index in [1.165, 1.54) is 6.07 Å². The Bertz CT molecular complexity index is 913. The lowest BCUT2D eigenvalue weighted by Crippen LogP contribution is -2.48. The molecular weight excluding hydrogens is 372 g/mol. The van der Waals surface area contributed by atoms with Crippen molar-refractivity contribution in [1.82, 2.24) is 9.21 Å². The highest BCUT2D eigenvalue weighted by Crippen LogP contribution is 2.22. The van der Waals surface area contributed by atoms with Gasteiger partial charge in [-0.15, -0.1) is 0 Å². The first-order valence-corrected chi connectivity index (χ1v) is 9.33. The van der Waals surface area contributed by atoms with E-state index in [0.717, 1.165) is 28.6 Å². The van der Waals surface area contributed by atoms with Crippen LogP contribution in [-0.2, 0) is 16.6 Å². The number of benzene rings is 2. The molecule has 1 saturated heterocycles. The molecule has 3 rings (SSSR count). The zero-order valence-electron chi connectivity index (χ0n) is 13.6. The summed E-state index contributed by atoms with van der Waals surface area (Å²) in [6, 6.07) is 5.96. The molecule has 0 amide bonds. The van der Waals surface area contributed by atoms with E-state index in [4.69, 9.17) is 0 Å². The maximum absolute atomic E-state index is 13.8. The van der Waals surface area contributed by atoms with Crippen molar-refractivity contribution in [1.29, 1.82) is 0 Å². The molecule has 26 heavy (non-hydrogen) atoms. The maximum atomic E-state index is 13.8. The molecule has 1 aliphatic rings. The van der Waals surface area contributed by atoms with Gasteiger partial charge in [0.05, 0.1) is 0 Å². The third-order valence-electron chi connectivity index (χ3n) is 4.23. The minimum Gasteiger partial charge on any atom is -0.296 e. The lowest BCUT2D eigenvalue weighted by atomic mass is 10.2. The first-order valence-electron chi connectivity index (χ1n) is 7.89. The second-order valence-electron chi connectivity index (χ2n) is 6.00. The predicted octanol–water partition coefficient (Wildman–Crippen LogP) is 2.75. The summed E-state index contributed by atoms with van der Waals surface area (Å²) >= 11 is 0. The number of hydrogen-bond acceptors (Lipinski definition) is 3. The van der Waals surface area contributed by atoms with E-state index in [2.05, 4.69) is 0 Å². The topological polar surface area (TPSA) is 40.6 Å². The van der Waals surface area contributed by atoms with Crippen LogP contribution in [0.1, 0.15) is 5.56 Å². The standard InChI is InChI=1S/C17H16F4N2O2S/c18-13-2-4-17(16(21)10-13)26(24,25)23-7-5-22(6-8-23)11-12-1-3-14(19)15(20)9-12/h1-4,9-10H,5-8,11H2. The maximum Gasteiger partial charge on any atom is 0.246 e. The van der Waals surface area contributed by atoms with E-state index in [0.29, 0.717) is 31.3 Å². The van der Waals surface area contributed by atoms with Crippen LogP contribution in [0.15, 0.2) is 41.3 Å². The molecule has 1 aliphatic heterocycles. The minimum atomic E-state index is -4.06. The Morgan fingerprint density at radius 1 is 0.808 bits per heavy atom. The summed E-state index contributed by atoms with van der Waals surface area (Å²) in [5.41, 5.74) is 0.574. The largest absolute Gasteiger partial charge is 0.296 e. The Balaban J connectivity index is 1.66. The van der Waals surface area contributed by atoms with Crippen molar-refractivity contribution in [3.05, 3.63) is 65.2 Å². The molecule has 140 valence electrons. The number of sulfonamides is 1. The summed E-state index contributed by atoms with van der Waals surface area (Å²) in [5.74, 6) is -3.84. The molecule has 0 aliphatic carbocycles. The molecule has 2 aromatic rings. The number of halogens is 4. The number of hydrogen-bond donors (Lipinski definition) is 0.